The summed E-state index contributed by atoms with van der Waals surface area (Å²) in [6.45, 7) is 4.89. The van der Waals surface area contributed by atoms with Crippen molar-refractivity contribution in [2.24, 2.45) is 5.92 Å². The van der Waals surface area contributed by atoms with E-state index >= 15 is 0 Å². The highest BCUT2D eigenvalue weighted by atomic mass is 32.1. The van der Waals surface area contributed by atoms with Gasteiger partial charge in [-0.2, -0.15) is 0 Å². The first-order valence-electron chi connectivity index (χ1n) is 12.1. The standard InChI is InChI=1S/C28H33N3O4S/c1-20(13-15-30-28(34)35-18-22-9-5-3-6-10-22)17-25(32)29-16-14-24(23-11-7-4-8-12-23)26(33)27-31-21(2)19-36-27/h3-12,19-20,24H,13-18H2,1-2H3,(H,29,32)(H,30,34). The van der Waals surface area contributed by atoms with Crippen LogP contribution in [0.1, 0.15) is 58.7 Å². The molecule has 0 aliphatic rings. The fraction of sp³-hybridized carbons (Fsp3) is 0.357. The fourth-order valence-corrected chi connectivity index (χ4v) is 4.58. The highest BCUT2D eigenvalue weighted by Gasteiger charge is 2.24. The number of alkyl carbamates (subject to hydrolysis) is 1. The summed E-state index contributed by atoms with van der Waals surface area (Å²) in [5, 5.41) is 8.04. The van der Waals surface area contributed by atoms with Gasteiger partial charge < -0.3 is 15.4 Å². The van der Waals surface area contributed by atoms with E-state index in [1.54, 1.807) is 0 Å². The van der Waals surface area contributed by atoms with Gasteiger partial charge in [0.05, 0.1) is 5.92 Å². The molecule has 2 aromatic carbocycles. The Balaban J connectivity index is 1.38. The molecule has 2 atom stereocenters. The van der Waals surface area contributed by atoms with E-state index in [1.165, 1.54) is 11.3 Å². The van der Waals surface area contributed by atoms with Gasteiger partial charge in [0.2, 0.25) is 5.91 Å². The van der Waals surface area contributed by atoms with E-state index in [1.807, 2.05) is 79.9 Å². The van der Waals surface area contributed by atoms with Gasteiger partial charge in [-0.15, -0.1) is 11.3 Å². The number of rotatable bonds is 13. The Labute approximate surface area is 216 Å². The third kappa shape index (κ3) is 8.92. The lowest BCUT2D eigenvalue weighted by molar-refractivity contribution is -0.121. The zero-order chi connectivity index (χ0) is 25.8. The van der Waals surface area contributed by atoms with Crippen molar-refractivity contribution in [3.63, 3.8) is 0 Å². The molecule has 2 N–H and O–H groups in total. The third-order valence-electron chi connectivity index (χ3n) is 5.76. The minimum absolute atomic E-state index is 0.0212. The second-order valence-electron chi connectivity index (χ2n) is 8.85. The van der Waals surface area contributed by atoms with Crippen molar-refractivity contribution < 1.29 is 19.1 Å². The molecule has 1 aromatic heterocycles. The van der Waals surface area contributed by atoms with Crippen molar-refractivity contribution in [2.45, 2.75) is 45.6 Å². The van der Waals surface area contributed by atoms with E-state index in [0.717, 1.165) is 16.8 Å². The second kappa shape index (κ2) is 14.1. The SMILES string of the molecule is Cc1csc(C(=O)C(CCNC(=O)CC(C)CCNC(=O)OCc2ccccc2)c2ccccc2)n1. The summed E-state index contributed by atoms with van der Waals surface area (Å²) in [5.74, 6) is -0.365. The van der Waals surface area contributed by atoms with E-state index in [2.05, 4.69) is 15.6 Å². The summed E-state index contributed by atoms with van der Waals surface area (Å²) in [6.07, 6.45) is 1.03. The number of hydrogen-bond acceptors (Lipinski definition) is 6. The first kappa shape index (κ1) is 27.1. The van der Waals surface area contributed by atoms with Crippen LogP contribution in [0.15, 0.2) is 66.0 Å². The maximum Gasteiger partial charge on any atom is 0.407 e. The molecule has 2 amide bonds. The van der Waals surface area contributed by atoms with E-state index in [9.17, 15) is 14.4 Å². The van der Waals surface area contributed by atoms with Crippen LogP contribution in [0.4, 0.5) is 4.79 Å². The monoisotopic (exact) mass is 507 g/mol. The van der Waals surface area contributed by atoms with Gasteiger partial charge in [-0.1, -0.05) is 67.6 Å². The largest absolute Gasteiger partial charge is 0.445 e. The van der Waals surface area contributed by atoms with Crippen LogP contribution in [0.3, 0.4) is 0 Å². The zero-order valence-corrected chi connectivity index (χ0v) is 21.6. The lowest BCUT2D eigenvalue weighted by Crippen LogP contribution is -2.30. The molecule has 0 aliphatic heterocycles. The van der Waals surface area contributed by atoms with Crippen molar-refractivity contribution in [1.29, 1.82) is 0 Å². The minimum Gasteiger partial charge on any atom is -0.445 e. The number of nitrogens with zero attached hydrogens (tertiary/aromatic N) is 1. The Morgan fingerprint density at radius 1 is 0.944 bits per heavy atom. The fourth-order valence-electron chi connectivity index (χ4n) is 3.79. The van der Waals surface area contributed by atoms with Crippen LogP contribution in [-0.2, 0) is 16.1 Å². The van der Waals surface area contributed by atoms with Crippen LogP contribution >= 0.6 is 11.3 Å². The summed E-state index contributed by atoms with van der Waals surface area (Å²) in [6, 6.07) is 19.1. The van der Waals surface area contributed by atoms with Gasteiger partial charge in [-0.05, 0) is 36.8 Å². The Hall–Kier alpha value is -3.52. The summed E-state index contributed by atoms with van der Waals surface area (Å²) in [7, 11) is 0. The molecule has 3 aromatic rings. The summed E-state index contributed by atoms with van der Waals surface area (Å²) in [4.78, 5) is 41.8. The number of nitrogens with one attached hydrogen (secondary N) is 2. The van der Waals surface area contributed by atoms with E-state index < -0.39 is 6.09 Å². The van der Waals surface area contributed by atoms with E-state index in [-0.39, 0.29) is 30.1 Å². The summed E-state index contributed by atoms with van der Waals surface area (Å²) in [5.41, 5.74) is 2.68. The number of ether oxygens (including phenoxy) is 1. The normalized spacial score (nSPS) is 12.4. The van der Waals surface area contributed by atoms with Crippen molar-refractivity contribution in [2.75, 3.05) is 13.1 Å². The summed E-state index contributed by atoms with van der Waals surface area (Å²) >= 11 is 1.35. The van der Waals surface area contributed by atoms with Crippen LogP contribution in [0.2, 0.25) is 0 Å². The van der Waals surface area contributed by atoms with Gasteiger partial charge in [-0.25, -0.2) is 9.78 Å². The number of carbonyl (C=O) groups is 3. The smallest absolute Gasteiger partial charge is 0.407 e. The average molecular weight is 508 g/mol. The predicted molar refractivity (Wildman–Crippen MR) is 141 cm³/mol. The number of Topliss-reactive ketones (excluding diaryl/α,β-unsaturated/α-hetero) is 1. The Kier molecular flexibility index (Phi) is 10.6. The molecule has 0 fully saturated rings. The topological polar surface area (TPSA) is 97.4 Å². The van der Waals surface area contributed by atoms with Gasteiger partial charge in [0.15, 0.2) is 10.8 Å². The van der Waals surface area contributed by atoms with Crippen LogP contribution < -0.4 is 10.6 Å². The molecule has 36 heavy (non-hydrogen) atoms. The van der Waals surface area contributed by atoms with Crippen LogP contribution in [0.25, 0.3) is 0 Å². The number of aryl methyl sites for hydroxylation is 1. The van der Waals surface area contributed by atoms with Crippen molar-refractivity contribution >= 4 is 29.1 Å². The van der Waals surface area contributed by atoms with E-state index in [4.69, 9.17) is 4.74 Å². The number of amides is 2. The molecule has 0 bridgehead atoms. The number of ketones is 1. The molecule has 3 rings (SSSR count). The lowest BCUT2D eigenvalue weighted by Gasteiger charge is -2.16. The first-order chi connectivity index (χ1) is 17.4. The molecule has 0 spiro atoms. The molecule has 7 nitrogen and oxygen atoms in total. The van der Waals surface area contributed by atoms with Gasteiger partial charge in [0.25, 0.3) is 0 Å². The van der Waals surface area contributed by atoms with Crippen molar-refractivity contribution in [1.82, 2.24) is 15.6 Å². The second-order valence-corrected chi connectivity index (χ2v) is 9.70. The molecule has 0 saturated heterocycles. The van der Waals surface area contributed by atoms with Gasteiger partial charge >= 0.3 is 6.09 Å². The van der Waals surface area contributed by atoms with Crippen molar-refractivity contribution in [3.8, 4) is 0 Å². The average Bonchev–Trinajstić information content (AvgIpc) is 3.32. The van der Waals surface area contributed by atoms with Gasteiger partial charge in [0.1, 0.15) is 6.61 Å². The Morgan fingerprint density at radius 3 is 2.28 bits per heavy atom. The third-order valence-corrected chi connectivity index (χ3v) is 6.73. The molecular weight excluding hydrogens is 474 g/mol. The lowest BCUT2D eigenvalue weighted by atomic mass is 9.91. The van der Waals surface area contributed by atoms with Gasteiger partial charge in [-0.3, -0.25) is 9.59 Å². The zero-order valence-electron chi connectivity index (χ0n) is 20.7. The highest BCUT2D eigenvalue weighted by Crippen LogP contribution is 2.25. The first-order valence-corrected chi connectivity index (χ1v) is 13.0. The molecule has 1 heterocycles. The minimum atomic E-state index is -0.470. The maximum absolute atomic E-state index is 13.1. The molecule has 8 heteroatoms. The number of thiazole rings is 1. The number of aromatic nitrogens is 1. The molecule has 0 saturated carbocycles. The molecule has 190 valence electrons. The summed E-state index contributed by atoms with van der Waals surface area (Å²) < 4.78 is 5.19. The predicted octanol–water partition coefficient (Wildman–Crippen LogP) is 5.27. The van der Waals surface area contributed by atoms with Crippen LogP contribution in [0, 0.1) is 12.8 Å². The maximum atomic E-state index is 13.1. The Bertz CT molecular complexity index is 1120. The molecule has 0 aliphatic carbocycles. The Morgan fingerprint density at radius 2 is 1.61 bits per heavy atom. The molecular formula is C28H33N3O4S. The van der Waals surface area contributed by atoms with Crippen LogP contribution in [0.5, 0.6) is 0 Å². The van der Waals surface area contributed by atoms with Gasteiger partial charge in [0, 0.05) is 30.6 Å². The van der Waals surface area contributed by atoms with Crippen molar-refractivity contribution in [3.05, 3.63) is 87.9 Å². The molecule has 0 radical (unpaired) electrons. The molecule has 2 unspecified atom stereocenters. The number of hydrogen-bond donors (Lipinski definition) is 2. The number of benzene rings is 2. The van der Waals surface area contributed by atoms with E-state index in [0.29, 0.717) is 37.4 Å². The quantitative estimate of drug-likeness (QED) is 0.307. The highest BCUT2D eigenvalue weighted by molar-refractivity contribution is 7.11. The van der Waals surface area contributed by atoms with Crippen LogP contribution in [-0.4, -0.2) is 35.9 Å². The number of carbonyl (C=O) groups excluding carboxylic acids is 3.